The Labute approximate surface area is 325 Å². The van der Waals surface area contributed by atoms with Crippen molar-refractivity contribution in [1.82, 2.24) is 15.1 Å². The zero-order valence-corrected chi connectivity index (χ0v) is 32.6. The Hall–Kier alpha value is -5.08. The zero-order chi connectivity index (χ0) is 39.5. The molecule has 294 valence electrons. The summed E-state index contributed by atoms with van der Waals surface area (Å²) < 4.78 is 51.8. The minimum Gasteiger partial charge on any atom is -0.504 e. The fourth-order valence-corrected chi connectivity index (χ4v) is 12.5. The molecule has 3 aromatic carbocycles. The van der Waals surface area contributed by atoms with E-state index in [0.29, 0.717) is 70.0 Å². The Morgan fingerprint density at radius 3 is 2.54 bits per heavy atom. The van der Waals surface area contributed by atoms with E-state index >= 15 is 4.21 Å². The predicted molar refractivity (Wildman–Crippen MR) is 199 cm³/mol. The molecule has 7 aliphatic heterocycles. The number of aromatic hydroxyl groups is 2. The monoisotopic (exact) mass is 786 g/mol. The van der Waals surface area contributed by atoms with Gasteiger partial charge in [0.25, 0.3) is 0 Å². The second-order valence-corrected chi connectivity index (χ2v) is 16.9. The van der Waals surface area contributed by atoms with Crippen molar-refractivity contribution in [2.24, 2.45) is 0 Å². The van der Waals surface area contributed by atoms with E-state index in [4.69, 9.17) is 28.4 Å². The molecule has 1 spiro atoms. The number of hydrogen-bond donors (Lipinski definition) is 3. The smallest absolute Gasteiger partial charge is 0.332 e. The first-order valence-corrected chi connectivity index (χ1v) is 19.9. The van der Waals surface area contributed by atoms with E-state index < -0.39 is 57.7 Å². The molecule has 0 saturated carbocycles. The van der Waals surface area contributed by atoms with Crippen molar-refractivity contribution in [3.8, 4) is 46.3 Å². The summed E-state index contributed by atoms with van der Waals surface area (Å²) in [5, 5.41) is 36.2. The number of methoxy groups -OCH3 is 2. The summed E-state index contributed by atoms with van der Waals surface area (Å²) in [4.78, 5) is 31.8. The minimum absolute atomic E-state index is 0.0492. The van der Waals surface area contributed by atoms with Crippen molar-refractivity contribution in [2.45, 2.75) is 74.6 Å². The molecule has 3 aromatic rings. The number of hydrogen-bond acceptors (Lipinski definition) is 15. The number of benzene rings is 3. The largest absolute Gasteiger partial charge is 0.504 e. The summed E-state index contributed by atoms with van der Waals surface area (Å²) in [6.45, 7) is 4.79. The van der Waals surface area contributed by atoms with Gasteiger partial charge < -0.3 is 38.6 Å². The highest BCUT2D eigenvalue weighted by molar-refractivity contribution is 7.85. The van der Waals surface area contributed by atoms with Crippen molar-refractivity contribution in [1.29, 1.82) is 5.26 Å². The number of phenols is 2. The normalized spacial score (nSPS) is 29.9. The first kappa shape index (κ1) is 36.6. The Bertz CT molecular complexity index is 2310. The van der Waals surface area contributed by atoms with Crippen LogP contribution in [0.5, 0.6) is 40.2 Å². The number of carbonyl (C=O) groups excluding carboxylic acids is 2. The summed E-state index contributed by atoms with van der Waals surface area (Å²) in [6.07, 6.45) is 0.882. The van der Waals surface area contributed by atoms with Gasteiger partial charge in [0.15, 0.2) is 40.0 Å². The second kappa shape index (κ2) is 13.0. The van der Waals surface area contributed by atoms with Gasteiger partial charge in [0.1, 0.15) is 18.4 Å². The van der Waals surface area contributed by atoms with Gasteiger partial charge in [-0.2, -0.15) is 5.26 Å². The van der Waals surface area contributed by atoms with Crippen molar-refractivity contribution in [3.63, 3.8) is 0 Å². The summed E-state index contributed by atoms with van der Waals surface area (Å²) in [5.41, 5.74) is 2.99. The van der Waals surface area contributed by atoms with Crippen LogP contribution in [-0.4, -0.2) is 101 Å². The fraction of sp³-hybridized carbons (Fsp3) is 0.475. The lowest BCUT2D eigenvalue weighted by Gasteiger charge is -2.61. The van der Waals surface area contributed by atoms with Gasteiger partial charge in [-0.3, -0.25) is 24.1 Å². The Kier molecular flexibility index (Phi) is 8.48. The molecule has 3 N–H and O–H groups in total. The highest BCUT2D eigenvalue weighted by Gasteiger charge is 2.63. The van der Waals surface area contributed by atoms with Crippen LogP contribution in [0.1, 0.15) is 68.8 Å². The molecule has 8 atom stereocenters. The molecule has 2 saturated heterocycles. The lowest BCUT2D eigenvalue weighted by atomic mass is 9.71. The van der Waals surface area contributed by atoms with E-state index in [-0.39, 0.29) is 48.2 Å². The highest BCUT2D eigenvalue weighted by atomic mass is 32.2. The number of carbonyl (C=O) groups is 2. The maximum atomic E-state index is 16.0. The van der Waals surface area contributed by atoms with E-state index in [1.807, 2.05) is 24.9 Å². The molecule has 0 radical (unpaired) electrons. The third kappa shape index (κ3) is 4.87. The maximum Gasteiger partial charge on any atom is 0.332 e. The summed E-state index contributed by atoms with van der Waals surface area (Å²) in [5.74, 6) is -0.469. The third-order valence-corrected chi connectivity index (χ3v) is 14.4. The second-order valence-electron chi connectivity index (χ2n) is 15.3. The van der Waals surface area contributed by atoms with Crippen LogP contribution in [0, 0.1) is 25.2 Å². The van der Waals surface area contributed by atoms with Gasteiger partial charge in [0, 0.05) is 52.6 Å². The number of nitrogens with zero attached hydrogens (tertiary/aromatic N) is 3. The van der Waals surface area contributed by atoms with Crippen molar-refractivity contribution < 1.29 is 52.4 Å². The Balaban J connectivity index is 1.36. The number of likely N-dealkylation sites (N-methyl/N-ethyl adjacent to an activating group) is 1. The van der Waals surface area contributed by atoms with Crippen LogP contribution in [0.2, 0.25) is 0 Å². The van der Waals surface area contributed by atoms with Crippen molar-refractivity contribution in [3.05, 3.63) is 62.7 Å². The zero-order valence-electron chi connectivity index (χ0n) is 31.8. The number of nitrogens with one attached hydrogen (secondary N) is 1. The SMILES string of the molecule is COc1cc2c(cc1O)CCN[C@]21CS(=O)[C@@H]2c3c(OC(C)=O)c(C)c4c(c3[C@H](COC1=O)N1[C@@H]2[C@@H]2c3c(cc(C)c(OC)c3O)C[C@H]([C@@H]1C#N)N2C)OCO4. The molecule has 1 unspecified atom stereocenters. The summed E-state index contributed by atoms with van der Waals surface area (Å²) in [7, 11) is 2.75. The standard InChI is InChI=1S/C40H42N4O11S/c1-17-9-21-10-23-24(13-41)44-25-14-52-39(48)40(22-12-27(50-5)26(46)11-20(22)7-8-42-40)15-56(49)38(32(44)31(43(23)4)28(21)33(47)34(17)51-6)30-29(25)37-36(53-16-54-37)18(2)35(30)55-19(3)45/h9,11-12,23-25,31-32,38,42,46-47H,7-8,10,14-16H2,1-6H3/t23-,24+,25+,31+,32-,38-,40-,56?/m1/s1. The molecule has 7 heterocycles. The van der Waals surface area contributed by atoms with Gasteiger partial charge in [-0.05, 0) is 68.1 Å². The van der Waals surface area contributed by atoms with E-state index in [9.17, 15) is 25.1 Å². The van der Waals surface area contributed by atoms with E-state index in [0.717, 1.165) is 11.1 Å². The van der Waals surface area contributed by atoms with Gasteiger partial charge in [-0.1, -0.05) is 6.07 Å². The molecule has 2 fully saturated rings. The molecule has 7 aliphatic rings. The average Bonchev–Trinajstić information content (AvgIpc) is 3.65. The fourth-order valence-electron chi connectivity index (χ4n) is 10.4. The average molecular weight is 787 g/mol. The molecular weight excluding hydrogens is 745 g/mol. The molecule has 15 nitrogen and oxygen atoms in total. The topological polar surface area (TPSA) is 189 Å². The molecule has 0 amide bonds. The minimum atomic E-state index is -2.06. The van der Waals surface area contributed by atoms with Crippen LogP contribution < -0.4 is 29.0 Å². The van der Waals surface area contributed by atoms with Crippen LogP contribution in [0.15, 0.2) is 18.2 Å². The number of aryl methyl sites for hydroxylation is 1. The van der Waals surface area contributed by atoms with Gasteiger partial charge >= 0.3 is 11.9 Å². The molecule has 0 aliphatic carbocycles. The van der Waals surface area contributed by atoms with Gasteiger partial charge in [-0.25, -0.2) is 4.79 Å². The maximum absolute atomic E-state index is 16.0. The van der Waals surface area contributed by atoms with Gasteiger partial charge in [0.2, 0.25) is 6.79 Å². The number of phenolic OH excluding ortho intramolecular Hbond substituents is 2. The van der Waals surface area contributed by atoms with E-state index in [1.165, 1.54) is 21.1 Å². The molecule has 56 heavy (non-hydrogen) atoms. The van der Waals surface area contributed by atoms with E-state index in [1.54, 1.807) is 19.1 Å². The molecule has 10 rings (SSSR count). The summed E-state index contributed by atoms with van der Waals surface area (Å²) >= 11 is 0. The number of fused-ring (bicyclic) bond motifs is 9. The van der Waals surface area contributed by atoms with Crippen LogP contribution in [0.25, 0.3) is 0 Å². The van der Waals surface area contributed by atoms with Gasteiger partial charge in [-0.15, -0.1) is 0 Å². The first-order valence-electron chi connectivity index (χ1n) is 18.5. The van der Waals surface area contributed by atoms with Crippen molar-refractivity contribution in [2.75, 3.05) is 47.0 Å². The lowest BCUT2D eigenvalue weighted by Crippen LogP contribution is -2.70. The van der Waals surface area contributed by atoms with Crippen LogP contribution >= 0.6 is 0 Å². The number of piperazine rings is 1. The van der Waals surface area contributed by atoms with Crippen LogP contribution in [0.4, 0.5) is 0 Å². The van der Waals surface area contributed by atoms with E-state index in [2.05, 4.69) is 16.3 Å². The number of rotatable bonds is 3. The Morgan fingerprint density at radius 1 is 1.05 bits per heavy atom. The molecule has 0 aromatic heterocycles. The number of nitriles is 1. The Morgan fingerprint density at radius 2 is 1.82 bits per heavy atom. The first-order chi connectivity index (χ1) is 26.9. The highest BCUT2D eigenvalue weighted by Crippen LogP contribution is 2.63. The molecule has 16 heteroatoms. The molecule has 4 bridgehead atoms. The number of esters is 2. The van der Waals surface area contributed by atoms with Crippen molar-refractivity contribution >= 4 is 22.7 Å². The predicted octanol–water partition coefficient (Wildman–Crippen LogP) is 3.00. The molecular formula is C40H42N4O11S. The van der Waals surface area contributed by atoms with Gasteiger partial charge in [0.05, 0.1) is 49.4 Å². The number of ether oxygens (including phenoxy) is 6. The van der Waals surface area contributed by atoms with Crippen LogP contribution in [0.3, 0.4) is 0 Å². The quantitative estimate of drug-likeness (QED) is 0.259. The summed E-state index contributed by atoms with van der Waals surface area (Å²) in [6, 6.07) is 4.10. The third-order valence-electron chi connectivity index (χ3n) is 12.6. The lowest BCUT2D eigenvalue weighted by molar-refractivity contribution is -0.157. The van der Waals surface area contributed by atoms with Crippen LogP contribution in [-0.2, 0) is 43.5 Å².